The van der Waals surface area contributed by atoms with Gasteiger partial charge < -0.3 is 15.4 Å². The van der Waals surface area contributed by atoms with Gasteiger partial charge in [-0.05, 0) is 43.2 Å². The van der Waals surface area contributed by atoms with Crippen molar-refractivity contribution in [3.63, 3.8) is 0 Å². The van der Waals surface area contributed by atoms with Crippen LogP contribution in [0, 0.1) is 5.82 Å². The molecule has 1 aliphatic carbocycles. The number of nitrogens with zero attached hydrogens (tertiary/aromatic N) is 1. The number of halogens is 1. The van der Waals surface area contributed by atoms with E-state index in [1.54, 1.807) is 12.1 Å². The second-order valence-corrected chi connectivity index (χ2v) is 7.34. The lowest BCUT2D eigenvalue weighted by Gasteiger charge is -2.27. The average Bonchev–Trinajstić information content (AvgIpc) is 3.52. The molecule has 0 saturated heterocycles. The van der Waals surface area contributed by atoms with Crippen molar-refractivity contribution in [1.82, 2.24) is 10.3 Å². The van der Waals surface area contributed by atoms with Crippen LogP contribution in [0.5, 0.6) is 5.75 Å². The summed E-state index contributed by atoms with van der Waals surface area (Å²) < 4.78 is 19.4. The highest BCUT2D eigenvalue weighted by Crippen LogP contribution is 2.35. The first-order chi connectivity index (χ1) is 13.7. The minimum Gasteiger partial charge on any atom is -0.493 e. The molecule has 6 heteroatoms. The standard InChI is InChI=1S/C22H20FN3O2/c23-13-5-8-20-17(11-13)19(9-10-28-20)26-21-12-16(22(27)24-14-6-7-14)15-3-1-2-4-18(15)25-21/h1-5,8,11-12,14,19H,6-7,9-10H2,(H,24,27)(H,25,26). The molecule has 1 aromatic heterocycles. The molecule has 1 unspecified atom stereocenters. The monoisotopic (exact) mass is 377 g/mol. The molecule has 0 spiro atoms. The molecule has 28 heavy (non-hydrogen) atoms. The Balaban J connectivity index is 1.51. The molecule has 1 aliphatic heterocycles. The third-order valence-electron chi connectivity index (χ3n) is 5.21. The number of benzene rings is 2. The molecule has 1 fully saturated rings. The molecule has 142 valence electrons. The SMILES string of the molecule is O=C(NC1CC1)c1cc(NC2CCOc3ccc(F)cc32)nc2ccccc12. The lowest BCUT2D eigenvalue weighted by Crippen LogP contribution is -2.26. The van der Waals surface area contributed by atoms with Gasteiger partial charge in [-0.1, -0.05) is 18.2 Å². The summed E-state index contributed by atoms with van der Waals surface area (Å²) in [6.07, 6.45) is 2.75. The zero-order valence-electron chi connectivity index (χ0n) is 15.2. The summed E-state index contributed by atoms with van der Waals surface area (Å²) in [7, 11) is 0. The lowest BCUT2D eigenvalue weighted by molar-refractivity contribution is 0.0952. The second-order valence-electron chi connectivity index (χ2n) is 7.34. The highest BCUT2D eigenvalue weighted by Gasteiger charge is 2.26. The Morgan fingerprint density at radius 3 is 2.82 bits per heavy atom. The Kier molecular flexibility index (Phi) is 4.11. The van der Waals surface area contributed by atoms with Crippen LogP contribution in [0.4, 0.5) is 10.2 Å². The van der Waals surface area contributed by atoms with E-state index in [0.29, 0.717) is 30.2 Å². The first-order valence-corrected chi connectivity index (χ1v) is 9.57. The minimum absolute atomic E-state index is 0.0810. The largest absolute Gasteiger partial charge is 0.493 e. The van der Waals surface area contributed by atoms with Gasteiger partial charge in [0.05, 0.1) is 23.7 Å². The van der Waals surface area contributed by atoms with Crippen LogP contribution in [-0.2, 0) is 0 Å². The fourth-order valence-corrected chi connectivity index (χ4v) is 3.62. The van der Waals surface area contributed by atoms with E-state index >= 15 is 0 Å². The molecule has 5 nitrogen and oxygen atoms in total. The molecule has 2 N–H and O–H groups in total. The van der Waals surface area contributed by atoms with Crippen molar-refractivity contribution in [2.45, 2.75) is 31.3 Å². The van der Waals surface area contributed by atoms with Crippen LogP contribution < -0.4 is 15.4 Å². The molecular weight excluding hydrogens is 357 g/mol. The summed E-state index contributed by atoms with van der Waals surface area (Å²) >= 11 is 0. The molecule has 0 bridgehead atoms. The predicted octanol–water partition coefficient (Wildman–Crippen LogP) is 4.20. The normalized spacial score (nSPS) is 18.2. The molecular formula is C22H20FN3O2. The van der Waals surface area contributed by atoms with Gasteiger partial charge >= 0.3 is 0 Å². The van der Waals surface area contributed by atoms with Crippen molar-refractivity contribution in [2.75, 3.05) is 11.9 Å². The predicted molar refractivity (Wildman–Crippen MR) is 105 cm³/mol. The van der Waals surface area contributed by atoms with Gasteiger partial charge in [0, 0.05) is 23.4 Å². The van der Waals surface area contributed by atoms with Crippen LogP contribution in [0.3, 0.4) is 0 Å². The lowest BCUT2D eigenvalue weighted by atomic mass is 10.00. The maximum Gasteiger partial charge on any atom is 0.252 e. The van der Waals surface area contributed by atoms with Gasteiger partial charge in [0.2, 0.25) is 0 Å². The molecule has 2 aliphatic rings. The van der Waals surface area contributed by atoms with Gasteiger partial charge in [-0.2, -0.15) is 0 Å². The van der Waals surface area contributed by atoms with Crippen LogP contribution in [0.15, 0.2) is 48.5 Å². The topological polar surface area (TPSA) is 63.2 Å². The summed E-state index contributed by atoms with van der Waals surface area (Å²) in [6.45, 7) is 0.541. The summed E-state index contributed by atoms with van der Waals surface area (Å²) in [5.41, 5.74) is 2.12. The van der Waals surface area contributed by atoms with Gasteiger partial charge in [-0.15, -0.1) is 0 Å². The van der Waals surface area contributed by atoms with E-state index in [0.717, 1.165) is 29.3 Å². The highest BCUT2D eigenvalue weighted by atomic mass is 19.1. The number of nitrogens with one attached hydrogen (secondary N) is 2. The van der Waals surface area contributed by atoms with E-state index in [2.05, 4.69) is 15.6 Å². The smallest absolute Gasteiger partial charge is 0.252 e. The first kappa shape index (κ1) is 17.0. The van der Waals surface area contributed by atoms with Gasteiger partial charge in [-0.25, -0.2) is 9.37 Å². The Morgan fingerprint density at radius 1 is 1.11 bits per heavy atom. The van der Waals surface area contributed by atoms with Crippen LogP contribution in [0.2, 0.25) is 0 Å². The number of amides is 1. The number of fused-ring (bicyclic) bond motifs is 2. The van der Waals surface area contributed by atoms with Gasteiger partial charge in [-0.3, -0.25) is 4.79 Å². The third kappa shape index (κ3) is 3.26. The average molecular weight is 377 g/mol. The number of anilines is 1. The highest BCUT2D eigenvalue weighted by molar-refractivity contribution is 6.07. The zero-order chi connectivity index (χ0) is 19.1. The Labute approximate surface area is 161 Å². The van der Waals surface area contributed by atoms with Crippen LogP contribution >= 0.6 is 0 Å². The van der Waals surface area contributed by atoms with E-state index in [4.69, 9.17) is 4.74 Å². The molecule has 5 rings (SSSR count). The Bertz CT molecular complexity index is 1060. The minimum atomic E-state index is -0.299. The van der Waals surface area contributed by atoms with E-state index < -0.39 is 0 Å². The van der Waals surface area contributed by atoms with Crippen LogP contribution in [-0.4, -0.2) is 23.5 Å². The molecule has 3 aromatic rings. The Morgan fingerprint density at radius 2 is 1.96 bits per heavy atom. The van der Waals surface area contributed by atoms with Crippen LogP contribution in [0.25, 0.3) is 10.9 Å². The number of para-hydroxylation sites is 1. The molecule has 0 radical (unpaired) electrons. The quantitative estimate of drug-likeness (QED) is 0.715. The van der Waals surface area contributed by atoms with Crippen LogP contribution in [0.1, 0.15) is 41.2 Å². The summed E-state index contributed by atoms with van der Waals surface area (Å²) in [5, 5.41) is 7.26. The fourth-order valence-electron chi connectivity index (χ4n) is 3.62. The van der Waals surface area contributed by atoms with Crippen molar-refractivity contribution < 1.29 is 13.9 Å². The summed E-state index contributed by atoms with van der Waals surface area (Å²) in [6, 6.07) is 14.1. The molecule has 1 amide bonds. The van der Waals surface area contributed by atoms with E-state index in [1.165, 1.54) is 12.1 Å². The molecule has 2 aromatic carbocycles. The fraction of sp³-hybridized carbons (Fsp3) is 0.273. The number of hydrogen-bond donors (Lipinski definition) is 2. The zero-order valence-corrected chi connectivity index (χ0v) is 15.2. The van der Waals surface area contributed by atoms with E-state index in [9.17, 15) is 9.18 Å². The van der Waals surface area contributed by atoms with Gasteiger partial charge in [0.15, 0.2) is 0 Å². The van der Waals surface area contributed by atoms with Gasteiger partial charge in [0.25, 0.3) is 5.91 Å². The number of carbonyl (C=O) groups excluding carboxylic acids is 1. The number of hydrogen-bond acceptors (Lipinski definition) is 4. The number of rotatable bonds is 4. The van der Waals surface area contributed by atoms with Crippen molar-refractivity contribution in [3.8, 4) is 5.75 Å². The summed E-state index contributed by atoms with van der Waals surface area (Å²) in [4.78, 5) is 17.4. The number of pyridine rings is 1. The van der Waals surface area contributed by atoms with Gasteiger partial charge in [0.1, 0.15) is 17.4 Å². The molecule has 1 atom stereocenters. The van der Waals surface area contributed by atoms with Crippen molar-refractivity contribution in [3.05, 3.63) is 65.5 Å². The third-order valence-corrected chi connectivity index (χ3v) is 5.21. The second kappa shape index (κ2) is 6.78. The van der Waals surface area contributed by atoms with Crippen molar-refractivity contribution in [2.24, 2.45) is 0 Å². The number of carbonyl (C=O) groups is 1. The number of aromatic nitrogens is 1. The maximum atomic E-state index is 13.8. The summed E-state index contributed by atoms with van der Waals surface area (Å²) in [5.74, 6) is 0.897. The van der Waals surface area contributed by atoms with E-state index in [1.807, 2.05) is 24.3 Å². The maximum absolute atomic E-state index is 13.8. The van der Waals surface area contributed by atoms with Crippen molar-refractivity contribution in [1.29, 1.82) is 0 Å². The van der Waals surface area contributed by atoms with Crippen molar-refractivity contribution >= 4 is 22.6 Å². The first-order valence-electron chi connectivity index (χ1n) is 9.57. The molecule has 2 heterocycles. The number of ether oxygens (including phenoxy) is 1. The van der Waals surface area contributed by atoms with E-state index in [-0.39, 0.29) is 23.8 Å². The Hall–Kier alpha value is -3.15. The molecule has 1 saturated carbocycles.